The first-order valence-electron chi connectivity index (χ1n) is 7.82. The summed E-state index contributed by atoms with van der Waals surface area (Å²) in [5.74, 6) is -1.67. The number of hydrogen-bond donors (Lipinski definition) is 0. The van der Waals surface area contributed by atoms with Crippen LogP contribution in [0, 0.1) is 34.5 Å². The fourth-order valence-corrected chi connectivity index (χ4v) is 3.62. The van der Waals surface area contributed by atoms with Gasteiger partial charge in [-0.3, -0.25) is 4.79 Å². The van der Waals surface area contributed by atoms with Gasteiger partial charge in [-0.2, -0.15) is 10.5 Å². The molecular weight excluding hydrogens is 320 g/mol. The van der Waals surface area contributed by atoms with E-state index in [4.69, 9.17) is 11.6 Å². The number of rotatable bonds is 3. The number of carbonyl (C=O) groups is 1. The summed E-state index contributed by atoms with van der Waals surface area (Å²) in [7, 11) is 0. The summed E-state index contributed by atoms with van der Waals surface area (Å²) in [4.78, 5) is 13.0. The van der Waals surface area contributed by atoms with Gasteiger partial charge in [0, 0.05) is 22.4 Å². The molecule has 2 aromatic carbocycles. The summed E-state index contributed by atoms with van der Waals surface area (Å²) in [5, 5.41) is 19.4. The van der Waals surface area contributed by atoms with Crippen LogP contribution in [0.1, 0.15) is 33.8 Å². The molecule has 1 aliphatic rings. The van der Waals surface area contributed by atoms with Crippen molar-refractivity contribution in [3.8, 4) is 12.1 Å². The van der Waals surface area contributed by atoms with E-state index in [1.807, 2.05) is 36.4 Å². The minimum Gasteiger partial charge on any atom is -0.294 e. The fraction of sp³-hybridized carbons (Fsp3) is 0.250. The highest BCUT2D eigenvalue weighted by atomic mass is 35.5. The summed E-state index contributed by atoms with van der Waals surface area (Å²) in [6.07, 6.45) is 1.42. The molecule has 0 spiro atoms. The van der Waals surface area contributed by atoms with Gasteiger partial charge in [0.2, 0.25) is 0 Å². The second kappa shape index (κ2) is 6.87. The Labute approximate surface area is 146 Å². The molecule has 0 aliphatic heterocycles. The highest BCUT2D eigenvalue weighted by Gasteiger charge is 2.38. The Morgan fingerprint density at radius 1 is 1.04 bits per heavy atom. The highest BCUT2D eigenvalue weighted by Crippen LogP contribution is 2.40. The van der Waals surface area contributed by atoms with Gasteiger partial charge in [0.05, 0.1) is 12.1 Å². The van der Waals surface area contributed by atoms with Crippen LogP contribution in [0.25, 0.3) is 0 Å². The van der Waals surface area contributed by atoms with Crippen molar-refractivity contribution in [1.29, 1.82) is 10.5 Å². The molecule has 0 N–H and O–H groups in total. The van der Waals surface area contributed by atoms with Crippen molar-refractivity contribution in [2.45, 2.75) is 18.8 Å². The van der Waals surface area contributed by atoms with Gasteiger partial charge in [-0.25, -0.2) is 0 Å². The molecule has 3 nitrogen and oxygen atoms in total. The Morgan fingerprint density at radius 2 is 1.71 bits per heavy atom. The molecule has 0 aromatic heterocycles. The quantitative estimate of drug-likeness (QED) is 0.828. The van der Waals surface area contributed by atoms with Crippen LogP contribution in [0.3, 0.4) is 0 Å². The van der Waals surface area contributed by atoms with Gasteiger partial charge in [0.25, 0.3) is 0 Å². The zero-order chi connectivity index (χ0) is 17.1. The SMILES string of the molecule is N#CC(C#N)C(c1ccc(Cl)cc1)C1CCc2ccccc2C1=O. The molecule has 3 rings (SSSR count). The number of hydrogen-bond acceptors (Lipinski definition) is 3. The third-order valence-electron chi connectivity index (χ3n) is 4.67. The highest BCUT2D eigenvalue weighted by molar-refractivity contribution is 6.30. The predicted octanol–water partition coefficient (Wildman–Crippen LogP) is 4.53. The maximum Gasteiger partial charge on any atom is 0.166 e. The molecule has 2 unspecified atom stereocenters. The lowest BCUT2D eigenvalue weighted by molar-refractivity contribution is 0.0872. The van der Waals surface area contributed by atoms with Crippen LogP contribution >= 0.6 is 11.6 Å². The van der Waals surface area contributed by atoms with Crippen molar-refractivity contribution in [2.75, 3.05) is 0 Å². The molecule has 4 heteroatoms. The Hall–Kier alpha value is -2.62. The average molecular weight is 335 g/mol. The van der Waals surface area contributed by atoms with Crippen molar-refractivity contribution in [3.05, 3.63) is 70.2 Å². The minimum absolute atomic E-state index is 0.0206. The molecular formula is C20H15ClN2O. The summed E-state index contributed by atoms with van der Waals surface area (Å²) in [5.41, 5.74) is 2.56. The first-order valence-corrected chi connectivity index (χ1v) is 8.20. The predicted molar refractivity (Wildman–Crippen MR) is 91.5 cm³/mol. The summed E-state index contributed by atoms with van der Waals surface area (Å²) >= 11 is 5.95. The molecule has 1 aliphatic carbocycles. The van der Waals surface area contributed by atoms with Gasteiger partial charge in [0.1, 0.15) is 5.92 Å². The van der Waals surface area contributed by atoms with Gasteiger partial charge in [0.15, 0.2) is 5.78 Å². The number of aryl methyl sites for hydroxylation is 1. The molecule has 0 amide bonds. The first kappa shape index (κ1) is 16.2. The van der Waals surface area contributed by atoms with Crippen LogP contribution in [0.2, 0.25) is 5.02 Å². The summed E-state index contributed by atoms with van der Waals surface area (Å²) < 4.78 is 0. The standard InChI is InChI=1S/C20H15ClN2O/c21-16-8-5-14(6-9-16)19(15(11-22)12-23)18-10-7-13-3-1-2-4-17(13)20(18)24/h1-6,8-9,15,18-19H,7,10H2. The number of halogens is 1. The molecule has 0 saturated heterocycles. The zero-order valence-electron chi connectivity index (χ0n) is 12.9. The number of nitriles is 2. The topological polar surface area (TPSA) is 64.7 Å². The Morgan fingerprint density at radius 3 is 2.38 bits per heavy atom. The molecule has 0 saturated carbocycles. The van der Waals surface area contributed by atoms with Gasteiger partial charge < -0.3 is 0 Å². The van der Waals surface area contributed by atoms with Crippen LogP contribution in [0.5, 0.6) is 0 Å². The van der Waals surface area contributed by atoms with Crippen molar-refractivity contribution in [3.63, 3.8) is 0 Å². The molecule has 0 fully saturated rings. The molecule has 0 bridgehead atoms. The third kappa shape index (κ3) is 2.92. The summed E-state index contributed by atoms with van der Waals surface area (Å²) in [6, 6.07) is 18.8. The van der Waals surface area contributed by atoms with Gasteiger partial charge in [-0.1, -0.05) is 48.0 Å². The number of Topliss-reactive ketones (excluding diaryl/α,β-unsaturated/α-hetero) is 1. The Bertz CT molecular complexity index is 831. The second-order valence-electron chi connectivity index (χ2n) is 5.98. The van der Waals surface area contributed by atoms with E-state index in [9.17, 15) is 15.3 Å². The lowest BCUT2D eigenvalue weighted by atomic mass is 9.69. The van der Waals surface area contributed by atoms with E-state index in [0.717, 1.165) is 17.5 Å². The van der Waals surface area contributed by atoms with E-state index in [1.165, 1.54) is 0 Å². The van der Waals surface area contributed by atoms with Gasteiger partial charge in [-0.05, 0) is 36.1 Å². The molecule has 24 heavy (non-hydrogen) atoms. The van der Waals surface area contributed by atoms with E-state index >= 15 is 0 Å². The van der Waals surface area contributed by atoms with Crippen LogP contribution in [-0.2, 0) is 6.42 Å². The number of fused-ring (bicyclic) bond motifs is 1. The van der Waals surface area contributed by atoms with Crippen molar-refractivity contribution in [1.82, 2.24) is 0 Å². The smallest absolute Gasteiger partial charge is 0.166 e. The third-order valence-corrected chi connectivity index (χ3v) is 4.92. The molecule has 0 radical (unpaired) electrons. The molecule has 2 aromatic rings. The monoisotopic (exact) mass is 334 g/mol. The number of carbonyl (C=O) groups excluding carboxylic acids is 1. The van der Waals surface area contributed by atoms with Crippen molar-refractivity contribution < 1.29 is 4.79 Å². The zero-order valence-corrected chi connectivity index (χ0v) is 13.7. The van der Waals surface area contributed by atoms with E-state index in [2.05, 4.69) is 12.1 Å². The molecule has 0 heterocycles. The fourth-order valence-electron chi connectivity index (χ4n) is 3.49. The van der Waals surface area contributed by atoms with Crippen LogP contribution in [-0.4, -0.2) is 5.78 Å². The van der Waals surface area contributed by atoms with E-state index < -0.39 is 11.8 Å². The Kier molecular flexibility index (Phi) is 4.65. The Balaban J connectivity index is 2.04. The number of nitrogens with zero attached hydrogens (tertiary/aromatic N) is 2. The van der Waals surface area contributed by atoms with Crippen LogP contribution in [0.15, 0.2) is 48.5 Å². The van der Waals surface area contributed by atoms with Crippen LogP contribution < -0.4 is 0 Å². The maximum atomic E-state index is 13.0. The van der Waals surface area contributed by atoms with Crippen molar-refractivity contribution >= 4 is 17.4 Å². The molecule has 2 atom stereocenters. The first-order chi connectivity index (χ1) is 11.7. The molecule has 118 valence electrons. The minimum atomic E-state index is -0.870. The largest absolute Gasteiger partial charge is 0.294 e. The average Bonchev–Trinajstić information content (AvgIpc) is 2.62. The number of ketones is 1. The maximum absolute atomic E-state index is 13.0. The lowest BCUT2D eigenvalue weighted by Crippen LogP contribution is -2.31. The summed E-state index contributed by atoms with van der Waals surface area (Å²) in [6.45, 7) is 0. The van der Waals surface area contributed by atoms with E-state index in [1.54, 1.807) is 12.1 Å². The van der Waals surface area contributed by atoms with Gasteiger partial charge in [-0.15, -0.1) is 0 Å². The van der Waals surface area contributed by atoms with Gasteiger partial charge >= 0.3 is 0 Å². The lowest BCUT2D eigenvalue weighted by Gasteiger charge is -2.31. The van der Waals surface area contributed by atoms with E-state index in [-0.39, 0.29) is 11.7 Å². The number of benzene rings is 2. The second-order valence-corrected chi connectivity index (χ2v) is 6.42. The van der Waals surface area contributed by atoms with E-state index in [0.29, 0.717) is 17.0 Å². The van der Waals surface area contributed by atoms with Crippen molar-refractivity contribution in [2.24, 2.45) is 11.8 Å². The normalized spacial score (nSPS) is 17.7. The van der Waals surface area contributed by atoms with Crippen LogP contribution in [0.4, 0.5) is 0 Å².